The first kappa shape index (κ1) is 19.8. The fraction of sp³-hybridized carbons (Fsp3) is 0.263. The van der Waals surface area contributed by atoms with Crippen LogP contribution >= 0.6 is 0 Å². The van der Waals surface area contributed by atoms with Crippen LogP contribution in [-0.2, 0) is 6.18 Å². The predicted molar refractivity (Wildman–Crippen MR) is 102 cm³/mol. The molecule has 2 atom stereocenters. The minimum absolute atomic E-state index is 0.0482. The van der Waals surface area contributed by atoms with Crippen LogP contribution in [0.2, 0.25) is 0 Å². The molecule has 3 N–H and O–H groups in total. The zero-order chi connectivity index (χ0) is 21.5. The number of aromatic nitrogens is 4. The van der Waals surface area contributed by atoms with Crippen molar-refractivity contribution in [2.24, 2.45) is 0 Å². The van der Waals surface area contributed by atoms with Crippen molar-refractivity contribution in [3.05, 3.63) is 54.1 Å². The Hall–Kier alpha value is -3.47. The van der Waals surface area contributed by atoms with E-state index in [1.807, 2.05) is 0 Å². The van der Waals surface area contributed by atoms with Crippen LogP contribution in [0.15, 0.2) is 42.9 Å². The fourth-order valence-corrected chi connectivity index (χ4v) is 3.12. The Kier molecular flexibility index (Phi) is 4.90. The summed E-state index contributed by atoms with van der Waals surface area (Å²) in [5.41, 5.74) is -0.461. The molecule has 1 aliphatic rings. The number of amides is 1. The average Bonchev–Trinajstić information content (AvgIpc) is 3.26. The second-order valence-corrected chi connectivity index (χ2v) is 6.90. The molecule has 0 bridgehead atoms. The third kappa shape index (κ3) is 3.71. The number of aromatic amines is 1. The van der Waals surface area contributed by atoms with Crippen LogP contribution in [-0.4, -0.2) is 49.9 Å². The van der Waals surface area contributed by atoms with Crippen LogP contribution < -0.4 is 10.2 Å². The van der Waals surface area contributed by atoms with Crippen molar-refractivity contribution < 1.29 is 23.1 Å². The van der Waals surface area contributed by atoms with Gasteiger partial charge in [-0.15, -0.1) is 0 Å². The van der Waals surface area contributed by atoms with Gasteiger partial charge in [-0.05, 0) is 19.1 Å². The standard InChI is InChI=1S/C19H17F3N6O2/c1-10-16(29)9-28(10)17-5-15(12(8-23-17)19(20,21)22)27-18(30)14-4-2-3-13(26-14)11-6-24-25-7-11/h2-8,10,16,29H,9H2,1H3,(H,24,25)(H,23,27,30)/t10-,16+/m1/s1. The summed E-state index contributed by atoms with van der Waals surface area (Å²) in [6.07, 6.45) is -1.51. The third-order valence-electron chi connectivity index (χ3n) is 4.95. The van der Waals surface area contributed by atoms with Crippen molar-refractivity contribution in [2.45, 2.75) is 25.2 Å². The first-order valence-corrected chi connectivity index (χ1v) is 9.03. The summed E-state index contributed by atoms with van der Waals surface area (Å²) in [6, 6.07) is 5.51. The lowest BCUT2D eigenvalue weighted by atomic mass is 10.0. The van der Waals surface area contributed by atoms with Crippen LogP contribution in [0.25, 0.3) is 11.3 Å². The molecule has 8 nitrogen and oxygen atoms in total. The van der Waals surface area contributed by atoms with E-state index in [1.54, 1.807) is 30.2 Å². The van der Waals surface area contributed by atoms with E-state index >= 15 is 0 Å². The van der Waals surface area contributed by atoms with Gasteiger partial charge in [-0.25, -0.2) is 9.97 Å². The van der Waals surface area contributed by atoms with E-state index in [2.05, 4.69) is 25.5 Å². The number of aliphatic hydroxyl groups is 1. The Balaban J connectivity index is 1.64. The second kappa shape index (κ2) is 7.41. The van der Waals surface area contributed by atoms with E-state index in [4.69, 9.17) is 0 Å². The molecule has 0 unspecified atom stereocenters. The fourth-order valence-electron chi connectivity index (χ4n) is 3.12. The number of carbonyl (C=O) groups is 1. The maximum atomic E-state index is 13.4. The first-order chi connectivity index (χ1) is 14.2. The monoisotopic (exact) mass is 418 g/mol. The zero-order valence-electron chi connectivity index (χ0n) is 15.7. The highest BCUT2D eigenvalue weighted by atomic mass is 19.4. The minimum Gasteiger partial charge on any atom is -0.389 e. The number of β-amino-alcohol motifs (C(OH)–C–C–N with tert-alkyl or cyclic N) is 1. The van der Waals surface area contributed by atoms with Crippen molar-refractivity contribution >= 4 is 17.4 Å². The molecule has 1 saturated heterocycles. The topological polar surface area (TPSA) is 107 Å². The van der Waals surface area contributed by atoms with Gasteiger partial charge in [0.1, 0.15) is 11.5 Å². The quantitative estimate of drug-likeness (QED) is 0.602. The number of carbonyl (C=O) groups excluding carboxylic acids is 1. The summed E-state index contributed by atoms with van der Waals surface area (Å²) in [6.45, 7) is 1.98. The maximum absolute atomic E-state index is 13.4. The summed E-state index contributed by atoms with van der Waals surface area (Å²) >= 11 is 0. The highest BCUT2D eigenvalue weighted by Gasteiger charge is 2.38. The Bertz CT molecular complexity index is 1070. The van der Waals surface area contributed by atoms with Gasteiger partial charge < -0.3 is 15.3 Å². The van der Waals surface area contributed by atoms with Crippen molar-refractivity contribution in [1.29, 1.82) is 0 Å². The Labute approximate surface area is 168 Å². The molecule has 1 fully saturated rings. The molecule has 0 aliphatic carbocycles. The molecule has 30 heavy (non-hydrogen) atoms. The van der Waals surface area contributed by atoms with E-state index in [0.29, 0.717) is 17.5 Å². The molecule has 0 radical (unpaired) electrons. The van der Waals surface area contributed by atoms with Gasteiger partial charge in [-0.3, -0.25) is 9.89 Å². The van der Waals surface area contributed by atoms with Crippen molar-refractivity contribution in [1.82, 2.24) is 20.2 Å². The summed E-state index contributed by atoms with van der Waals surface area (Å²) in [5, 5.41) is 18.4. The number of nitrogens with zero attached hydrogens (tertiary/aromatic N) is 4. The number of pyridine rings is 2. The largest absolute Gasteiger partial charge is 0.419 e. The van der Waals surface area contributed by atoms with Crippen LogP contribution in [0.3, 0.4) is 0 Å². The highest BCUT2D eigenvalue weighted by Crippen LogP contribution is 2.37. The number of alkyl halides is 3. The molecular formula is C19H17F3N6O2. The van der Waals surface area contributed by atoms with Crippen molar-refractivity contribution in [3.63, 3.8) is 0 Å². The molecule has 156 valence electrons. The lowest BCUT2D eigenvalue weighted by molar-refractivity contribution is -0.137. The normalized spacial score (nSPS) is 18.8. The predicted octanol–water partition coefficient (Wildman–Crippen LogP) is 2.71. The van der Waals surface area contributed by atoms with Crippen LogP contribution in [0.4, 0.5) is 24.7 Å². The number of anilines is 2. The molecule has 0 saturated carbocycles. The Morgan fingerprint density at radius 2 is 2.13 bits per heavy atom. The molecule has 3 aromatic rings. The molecule has 0 spiro atoms. The van der Waals surface area contributed by atoms with Gasteiger partial charge in [0.25, 0.3) is 5.91 Å². The van der Waals surface area contributed by atoms with E-state index in [-0.39, 0.29) is 24.1 Å². The zero-order valence-corrected chi connectivity index (χ0v) is 15.7. The van der Waals surface area contributed by atoms with Crippen LogP contribution in [0.5, 0.6) is 0 Å². The van der Waals surface area contributed by atoms with Gasteiger partial charge in [0.2, 0.25) is 0 Å². The summed E-state index contributed by atoms with van der Waals surface area (Å²) in [5.74, 6) is -0.559. The van der Waals surface area contributed by atoms with Gasteiger partial charge in [-0.1, -0.05) is 6.07 Å². The second-order valence-electron chi connectivity index (χ2n) is 6.90. The number of hydrogen-bond acceptors (Lipinski definition) is 6. The van der Waals surface area contributed by atoms with Crippen molar-refractivity contribution in [3.8, 4) is 11.3 Å². The van der Waals surface area contributed by atoms with Crippen LogP contribution in [0.1, 0.15) is 23.0 Å². The summed E-state index contributed by atoms with van der Waals surface area (Å²) < 4.78 is 40.3. The number of halogens is 3. The van der Waals surface area contributed by atoms with Crippen molar-refractivity contribution in [2.75, 3.05) is 16.8 Å². The molecule has 4 heterocycles. The third-order valence-corrected chi connectivity index (χ3v) is 4.95. The van der Waals surface area contributed by atoms with Gasteiger partial charge in [-0.2, -0.15) is 18.3 Å². The lowest BCUT2D eigenvalue weighted by Gasteiger charge is -2.44. The Morgan fingerprint density at radius 3 is 2.77 bits per heavy atom. The lowest BCUT2D eigenvalue weighted by Crippen LogP contribution is -2.59. The van der Waals surface area contributed by atoms with E-state index in [1.165, 1.54) is 12.3 Å². The number of nitrogens with one attached hydrogen (secondary N) is 2. The first-order valence-electron chi connectivity index (χ1n) is 9.03. The highest BCUT2D eigenvalue weighted by molar-refractivity contribution is 6.03. The average molecular weight is 418 g/mol. The van der Waals surface area contributed by atoms with Crippen LogP contribution in [0, 0.1) is 0 Å². The van der Waals surface area contributed by atoms with E-state index in [9.17, 15) is 23.1 Å². The molecule has 4 rings (SSSR count). The van der Waals surface area contributed by atoms with E-state index in [0.717, 1.165) is 6.07 Å². The van der Waals surface area contributed by atoms with E-state index < -0.39 is 29.4 Å². The summed E-state index contributed by atoms with van der Waals surface area (Å²) in [7, 11) is 0. The minimum atomic E-state index is -4.71. The number of aliphatic hydroxyl groups excluding tert-OH is 1. The number of hydrogen-bond donors (Lipinski definition) is 3. The smallest absolute Gasteiger partial charge is 0.389 e. The van der Waals surface area contributed by atoms with Gasteiger partial charge in [0.15, 0.2) is 0 Å². The maximum Gasteiger partial charge on any atom is 0.419 e. The number of H-pyrrole nitrogens is 1. The SMILES string of the molecule is C[C@@H]1[C@@H](O)CN1c1cc(NC(=O)c2cccc(-c3cn[nH]c3)n2)c(C(F)(F)F)cn1. The molecule has 1 amide bonds. The molecule has 0 aromatic carbocycles. The van der Waals surface area contributed by atoms with Gasteiger partial charge in [0, 0.05) is 30.6 Å². The molecule has 1 aliphatic heterocycles. The van der Waals surface area contributed by atoms with Gasteiger partial charge in [0.05, 0.1) is 35.3 Å². The molecular weight excluding hydrogens is 401 g/mol. The Morgan fingerprint density at radius 1 is 1.33 bits per heavy atom. The number of rotatable bonds is 4. The summed E-state index contributed by atoms with van der Waals surface area (Å²) in [4.78, 5) is 22.4. The molecule has 3 aromatic heterocycles. The molecule has 11 heteroatoms. The van der Waals surface area contributed by atoms with Gasteiger partial charge >= 0.3 is 6.18 Å².